The van der Waals surface area contributed by atoms with E-state index in [-0.39, 0.29) is 43.1 Å². The summed E-state index contributed by atoms with van der Waals surface area (Å²) in [6, 6.07) is 14.3. The van der Waals surface area contributed by atoms with E-state index in [1.807, 2.05) is 31.2 Å². The van der Waals surface area contributed by atoms with Crippen LogP contribution in [0.4, 0.5) is 0 Å². The van der Waals surface area contributed by atoms with Crippen LogP contribution in [0.3, 0.4) is 0 Å². The van der Waals surface area contributed by atoms with Gasteiger partial charge in [-0.1, -0.05) is 30.3 Å². The Morgan fingerprint density at radius 3 is 2.33 bits per heavy atom. The number of nitrogens with zero attached hydrogens (tertiary/aromatic N) is 1. The van der Waals surface area contributed by atoms with Crippen LogP contribution in [0.15, 0.2) is 48.5 Å². The van der Waals surface area contributed by atoms with Crippen LogP contribution in [0.5, 0.6) is 5.75 Å². The lowest BCUT2D eigenvalue weighted by molar-refractivity contribution is -0.139. The van der Waals surface area contributed by atoms with Gasteiger partial charge in [0, 0.05) is 24.0 Å². The molecule has 3 amide bonds. The number of hydrogen-bond donors (Lipinski definition) is 1. The SMILES string of the molecule is COc1ccccc1[C@@H](C)NC(=O)c1ccc(CN2C(=O)CCC2=O)cc1. The number of rotatable bonds is 6. The zero-order valence-corrected chi connectivity index (χ0v) is 15.4. The molecule has 1 fully saturated rings. The van der Waals surface area contributed by atoms with E-state index in [9.17, 15) is 14.4 Å². The first-order valence-corrected chi connectivity index (χ1v) is 8.85. The van der Waals surface area contributed by atoms with Gasteiger partial charge in [-0.15, -0.1) is 0 Å². The Morgan fingerprint density at radius 1 is 1.07 bits per heavy atom. The molecule has 3 rings (SSSR count). The summed E-state index contributed by atoms with van der Waals surface area (Å²) in [5, 5.41) is 2.96. The van der Waals surface area contributed by atoms with Crippen LogP contribution in [0.1, 0.15) is 47.3 Å². The molecular formula is C21H22N2O4. The smallest absolute Gasteiger partial charge is 0.251 e. The van der Waals surface area contributed by atoms with Gasteiger partial charge in [-0.3, -0.25) is 19.3 Å². The van der Waals surface area contributed by atoms with Crippen molar-refractivity contribution in [2.45, 2.75) is 32.4 Å². The van der Waals surface area contributed by atoms with Crippen molar-refractivity contribution >= 4 is 17.7 Å². The fraction of sp³-hybridized carbons (Fsp3) is 0.286. The van der Waals surface area contributed by atoms with E-state index in [4.69, 9.17) is 4.74 Å². The molecular weight excluding hydrogens is 344 g/mol. The predicted molar refractivity (Wildman–Crippen MR) is 100 cm³/mol. The zero-order chi connectivity index (χ0) is 19.4. The van der Waals surface area contributed by atoms with Crippen LogP contribution >= 0.6 is 0 Å². The van der Waals surface area contributed by atoms with Gasteiger partial charge in [0.25, 0.3) is 5.91 Å². The number of ether oxygens (including phenoxy) is 1. The van der Waals surface area contributed by atoms with Crippen molar-refractivity contribution in [3.8, 4) is 5.75 Å². The van der Waals surface area contributed by atoms with Gasteiger partial charge in [0.05, 0.1) is 19.7 Å². The summed E-state index contributed by atoms with van der Waals surface area (Å²) >= 11 is 0. The van der Waals surface area contributed by atoms with E-state index in [1.54, 1.807) is 31.4 Å². The highest BCUT2D eigenvalue weighted by Crippen LogP contribution is 2.24. The van der Waals surface area contributed by atoms with E-state index in [1.165, 1.54) is 4.90 Å². The molecule has 1 N–H and O–H groups in total. The number of imide groups is 1. The van der Waals surface area contributed by atoms with Gasteiger partial charge in [0.2, 0.25) is 11.8 Å². The molecule has 0 spiro atoms. The van der Waals surface area contributed by atoms with Crippen molar-refractivity contribution in [1.82, 2.24) is 10.2 Å². The minimum Gasteiger partial charge on any atom is -0.496 e. The van der Waals surface area contributed by atoms with Crippen LogP contribution in [-0.4, -0.2) is 29.7 Å². The molecule has 2 aromatic carbocycles. The fourth-order valence-electron chi connectivity index (χ4n) is 3.13. The van der Waals surface area contributed by atoms with Crippen LogP contribution in [-0.2, 0) is 16.1 Å². The summed E-state index contributed by atoms with van der Waals surface area (Å²) in [4.78, 5) is 37.2. The lowest BCUT2D eigenvalue weighted by Crippen LogP contribution is -2.28. The minimum atomic E-state index is -0.215. The fourth-order valence-corrected chi connectivity index (χ4v) is 3.13. The Hall–Kier alpha value is -3.15. The third-order valence-electron chi connectivity index (χ3n) is 4.66. The van der Waals surface area contributed by atoms with Gasteiger partial charge in [0.15, 0.2) is 0 Å². The largest absolute Gasteiger partial charge is 0.496 e. The maximum Gasteiger partial charge on any atom is 0.251 e. The lowest BCUT2D eigenvalue weighted by atomic mass is 10.1. The molecule has 1 heterocycles. The Morgan fingerprint density at radius 2 is 1.70 bits per heavy atom. The topological polar surface area (TPSA) is 75.7 Å². The van der Waals surface area contributed by atoms with Crippen molar-refractivity contribution in [2.75, 3.05) is 7.11 Å². The first-order valence-electron chi connectivity index (χ1n) is 8.85. The molecule has 1 aliphatic heterocycles. The minimum absolute atomic E-state index is 0.146. The summed E-state index contributed by atoms with van der Waals surface area (Å²) in [6.45, 7) is 2.14. The number of carbonyl (C=O) groups excluding carboxylic acids is 3. The molecule has 1 atom stereocenters. The number of hydrogen-bond acceptors (Lipinski definition) is 4. The summed E-state index contributed by atoms with van der Waals surface area (Å²) < 4.78 is 5.34. The van der Waals surface area contributed by atoms with Crippen LogP contribution in [0, 0.1) is 0 Å². The second kappa shape index (κ2) is 8.03. The van der Waals surface area contributed by atoms with E-state index in [0.717, 1.165) is 16.9 Å². The Bertz CT molecular complexity index is 845. The van der Waals surface area contributed by atoms with Crippen molar-refractivity contribution in [3.05, 3.63) is 65.2 Å². The van der Waals surface area contributed by atoms with E-state index < -0.39 is 0 Å². The number of benzene rings is 2. The molecule has 0 unspecified atom stereocenters. The average molecular weight is 366 g/mol. The van der Waals surface area contributed by atoms with Gasteiger partial charge in [-0.05, 0) is 30.7 Å². The highest BCUT2D eigenvalue weighted by Gasteiger charge is 2.28. The van der Waals surface area contributed by atoms with Crippen LogP contribution in [0.25, 0.3) is 0 Å². The van der Waals surface area contributed by atoms with Gasteiger partial charge < -0.3 is 10.1 Å². The normalized spacial score (nSPS) is 15.0. The highest BCUT2D eigenvalue weighted by molar-refractivity contribution is 6.01. The maximum absolute atomic E-state index is 12.5. The van der Waals surface area contributed by atoms with Crippen molar-refractivity contribution in [1.29, 1.82) is 0 Å². The summed E-state index contributed by atoms with van der Waals surface area (Å²) in [5.41, 5.74) is 2.23. The monoisotopic (exact) mass is 366 g/mol. The molecule has 0 aromatic heterocycles. The van der Waals surface area contributed by atoms with E-state index in [2.05, 4.69) is 5.32 Å². The lowest BCUT2D eigenvalue weighted by Gasteiger charge is -2.17. The van der Waals surface area contributed by atoms with E-state index >= 15 is 0 Å². The second-order valence-electron chi connectivity index (χ2n) is 6.51. The Labute approximate surface area is 158 Å². The first-order chi connectivity index (χ1) is 13.0. The standard InChI is InChI=1S/C21H22N2O4/c1-14(17-5-3-4-6-18(17)27-2)22-21(26)16-9-7-15(8-10-16)13-23-19(24)11-12-20(23)25/h3-10,14H,11-13H2,1-2H3,(H,22,26)/t14-/m1/s1. The van der Waals surface area contributed by atoms with Gasteiger partial charge >= 0.3 is 0 Å². The van der Waals surface area contributed by atoms with Crippen LogP contribution in [0.2, 0.25) is 0 Å². The number of para-hydroxylation sites is 1. The first kappa shape index (κ1) is 18.6. The number of likely N-dealkylation sites (tertiary alicyclic amines) is 1. The van der Waals surface area contributed by atoms with Gasteiger partial charge in [0.1, 0.15) is 5.75 Å². The molecule has 0 aliphatic carbocycles. The molecule has 6 nitrogen and oxygen atoms in total. The predicted octanol–water partition coefficient (Wildman–Crippen LogP) is 2.84. The number of amides is 3. The molecule has 1 saturated heterocycles. The molecule has 6 heteroatoms. The summed E-state index contributed by atoms with van der Waals surface area (Å²) in [5.74, 6) is 0.230. The summed E-state index contributed by atoms with van der Waals surface area (Å²) in [6.07, 6.45) is 0.556. The molecule has 27 heavy (non-hydrogen) atoms. The second-order valence-corrected chi connectivity index (χ2v) is 6.51. The van der Waals surface area contributed by atoms with E-state index in [0.29, 0.717) is 5.56 Å². The summed E-state index contributed by atoms with van der Waals surface area (Å²) in [7, 11) is 1.60. The Balaban J connectivity index is 1.65. The van der Waals surface area contributed by atoms with Crippen molar-refractivity contribution in [2.24, 2.45) is 0 Å². The van der Waals surface area contributed by atoms with Gasteiger partial charge in [-0.2, -0.15) is 0 Å². The quantitative estimate of drug-likeness (QED) is 0.798. The number of carbonyl (C=O) groups is 3. The van der Waals surface area contributed by atoms with Crippen LogP contribution < -0.4 is 10.1 Å². The molecule has 0 radical (unpaired) electrons. The molecule has 2 aromatic rings. The molecule has 140 valence electrons. The highest BCUT2D eigenvalue weighted by atomic mass is 16.5. The van der Waals surface area contributed by atoms with Crippen molar-refractivity contribution in [3.63, 3.8) is 0 Å². The number of methoxy groups -OCH3 is 1. The molecule has 0 bridgehead atoms. The third kappa shape index (κ3) is 4.16. The molecule has 0 saturated carbocycles. The molecule has 1 aliphatic rings. The van der Waals surface area contributed by atoms with Crippen molar-refractivity contribution < 1.29 is 19.1 Å². The van der Waals surface area contributed by atoms with Gasteiger partial charge in [-0.25, -0.2) is 0 Å². The third-order valence-corrected chi connectivity index (χ3v) is 4.66. The number of nitrogens with one attached hydrogen (secondary N) is 1. The average Bonchev–Trinajstić information content (AvgIpc) is 3.00. The Kier molecular flexibility index (Phi) is 5.54. The zero-order valence-electron chi connectivity index (χ0n) is 15.4. The maximum atomic E-state index is 12.5.